The fourth-order valence-electron chi connectivity index (χ4n) is 1.84. The Balaban J connectivity index is 1.74. The van der Waals surface area contributed by atoms with Crippen molar-refractivity contribution in [2.24, 2.45) is 5.73 Å². The summed E-state index contributed by atoms with van der Waals surface area (Å²) >= 11 is 0. The molecule has 0 amide bonds. The number of nitrogens with two attached hydrogens (primary N) is 1. The molecule has 0 radical (unpaired) electrons. The summed E-state index contributed by atoms with van der Waals surface area (Å²) < 4.78 is 10.6. The molecule has 1 aromatic heterocycles. The number of rotatable bonds is 3. The van der Waals surface area contributed by atoms with E-state index in [-0.39, 0.29) is 0 Å². The van der Waals surface area contributed by atoms with Crippen LogP contribution in [0.3, 0.4) is 0 Å². The van der Waals surface area contributed by atoms with Crippen molar-refractivity contribution in [1.29, 1.82) is 0 Å². The molecule has 0 bridgehead atoms. The monoisotopic (exact) mass is 211 g/mol. The maximum absolute atomic E-state index is 5.81. The summed E-state index contributed by atoms with van der Waals surface area (Å²) in [7, 11) is 0. The van der Waals surface area contributed by atoms with Crippen LogP contribution < -0.4 is 5.73 Å². The van der Waals surface area contributed by atoms with Crippen molar-refractivity contribution in [3.05, 3.63) is 11.7 Å². The minimum Gasteiger partial charge on any atom is -0.368 e. The Morgan fingerprint density at radius 3 is 2.73 bits per heavy atom. The number of ether oxygens (including phenoxy) is 1. The van der Waals surface area contributed by atoms with Gasteiger partial charge in [0.2, 0.25) is 0 Å². The predicted molar refractivity (Wildman–Crippen MR) is 54.1 cm³/mol. The lowest BCUT2D eigenvalue weighted by atomic mass is 9.94. The van der Waals surface area contributed by atoms with Crippen molar-refractivity contribution >= 4 is 0 Å². The highest BCUT2D eigenvalue weighted by Gasteiger charge is 2.19. The molecule has 0 saturated heterocycles. The van der Waals surface area contributed by atoms with Crippen LogP contribution in [-0.4, -0.2) is 22.3 Å². The van der Waals surface area contributed by atoms with Gasteiger partial charge in [-0.2, -0.15) is 4.98 Å². The van der Waals surface area contributed by atoms with Crippen LogP contribution in [0.2, 0.25) is 0 Å². The molecule has 1 saturated carbocycles. The smallest absolute Gasteiger partial charge is 0.252 e. The van der Waals surface area contributed by atoms with Crippen LogP contribution in [0, 0.1) is 6.92 Å². The van der Waals surface area contributed by atoms with Crippen LogP contribution in [0.15, 0.2) is 4.52 Å². The lowest BCUT2D eigenvalue weighted by Gasteiger charge is -2.25. The molecule has 0 spiro atoms. The Kier molecular flexibility index (Phi) is 3.33. The third-order valence-corrected chi connectivity index (χ3v) is 2.73. The van der Waals surface area contributed by atoms with Crippen molar-refractivity contribution in [2.75, 3.05) is 0 Å². The number of hydrogen-bond donors (Lipinski definition) is 1. The van der Waals surface area contributed by atoms with Gasteiger partial charge in [0.15, 0.2) is 5.82 Å². The molecule has 5 nitrogen and oxygen atoms in total. The highest BCUT2D eigenvalue weighted by atomic mass is 16.5. The molecule has 1 heterocycles. The first-order valence-electron chi connectivity index (χ1n) is 5.40. The quantitative estimate of drug-likeness (QED) is 0.812. The highest BCUT2D eigenvalue weighted by molar-refractivity contribution is 4.81. The van der Waals surface area contributed by atoms with Crippen LogP contribution in [0.5, 0.6) is 0 Å². The summed E-state index contributed by atoms with van der Waals surface area (Å²) in [6, 6.07) is 0.357. The molecule has 5 heteroatoms. The SMILES string of the molecule is Cc1noc(COC2CCC(N)CC2)n1. The van der Waals surface area contributed by atoms with Gasteiger partial charge < -0.3 is 15.0 Å². The molecular weight excluding hydrogens is 194 g/mol. The minimum absolute atomic E-state index is 0.303. The number of hydrogen-bond acceptors (Lipinski definition) is 5. The first kappa shape index (κ1) is 10.6. The molecule has 1 fully saturated rings. The molecule has 15 heavy (non-hydrogen) atoms. The molecule has 2 N–H and O–H groups in total. The van der Waals surface area contributed by atoms with Crippen LogP contribution in [0.25, 0.3) is 0 Å². The van der Waals surface area contributed by atoms with Crippen LogP contribution in [-0.2, 0) is 11.3 Å². The zero-order valence-electron chi connectivity index (χ0n) is 8.98. The second-order valence-corrected chi connectivity index (χ2v) is 4.08. The van der Waals surface area contributed by atoms with Gasteiger partial charge in [-0.15, -0.1) is 0 Å². The largest absolute Gasteiger partial charge is 0.368 e. The Morgan fingerprint density at radius 1 is 1.40 bits per heavy atom. The van der Waals surface area contributed by atoms with Gasteiger partial charge in [0.1, 0.15) is 6.61 Å². The summed E-state index contributed by atoms with van der Waals surface area (Å²) in [5.74, 6) is 1.21. The first-order valence-corrected chi connectivity index (χ1v) is 5.40. The van der Waals surface area contributed by atoms with Gasteiger partial charge in [-0.25, -0.2) is 0 Å². The fraction of sp³-hybridized carbons (Fsp3) is 0.800. The average Bonchev–Trinajstić information content (AvgIpc) is 2.64. The standard InChI is InChI=1S/C10H17N3O2/c1-7-12-10(15-13-7)6-14-9-4-2-8(11)3-5-9/h8-9H,2-6,11H2,1H3. The van der Waals surface area contributed by atoms with E-state index in [9.17, 15) is 0 Å². The van der Waals surface area contributed by atoms with Crippen molar-refractivity contribution in [3.8, 4) is 0 Å². The molecule has 0 unspecified atom stereocenters. The molecular formula is C10H17N3O2. The molecule has 1 aliphatic rings. The third kappa shape index (κ3) is 3.00. The van der Waals surface area contributed by atoms with Crippen molar-refractivity contribution < 1.29 is 9.26 Å². The van der Waals surface area contributed by atoms with Crippen molar-refractivity contribution in [1.82, 2.24) is 10.1 Å². The summed E-state index contributed by atoms with van der Waals surface area (Å²) in [6.45, 7) is 2.22. The van der Waals surface area contributed by atoms with Gasteiger partial charge in [0.25, 0.3) is 5.89 Å². The number of aryl methyl sites for hydroxylation is 1. The molecule has 84 valence electrons. The summed E-state index contributed by atoms with van der Waals surface area (Å²) in [5, 5.41) is 3.71. The molecule has 1 aliphatic carbocycles. The van der Waals surface area contributed by atoms with Gasteiger partial charge in [0.05, 0.1) is 6.10 Å². The molecule has 0 aliphatic heterocycles. The Morgan fingerprint density at radius 2 is 2.13 bits per heavy atom. The number of nitrogens with zero attached hydrogens (tertiary/aromatic N) is 2. The summed E-state index contributed by atoms with van der Waals surface area (Å²) in [6.07, 6.45) is 4.47. The summed E-state index contributed by atoms with van der Waals surface area (Å²) in [4.78, 5) is 4.08. The number of aromatic nitrogens is 2. The van der Waals surface area contributed by atoms with Crippen molar-refractivity contribution in [2.45, 2.75) is 51.4 Å². The van der Waals surface area contributed by atoms with E-state index in [0.717, 1.165) is 25.7 Å². The molecule has 1 aromatic rings. The molecule has 0 atom stereocenters. The van der Waals surface area contributed by atoms with Crippen LogP contribution >= 0.6 is 0 Å². The topological polar surface area (TPSA) is 74.2 Å². The van der Waals surface area contributed by atoms with E-state index in [2.05, 4.69) is 10.1 Å². The van der Waals surface area contributed by atoms with E-state index in [1.807, 2.05) is 0 Å². The van der Waals surface area contributed by atoms with Crippen molar-refractivity contribution in [3.63, 3.8) is 0 Å². The summed E-state index contributed by atoms with van der Waals surface area (Å²) in [5.41, 5.74) is 5.81. The lowest BCUT2D eigenvalue weighted by Crippen LogP contribution is -2.30. The van der Waals surface area contributed by atoms with Gasteiger partial charge in [0, 0.05) is 6.04 Å². The van der Waals surface area contributed by atoms with E-state index in [1.54, 1.807) is 6.92 Å². The highest BCUT2D eigenvalue weighted by Crippen LogP contribution is 2.20. The second-order valence-electron chi connectivity index (χ2n) is 4.08. The van der Waals surface area contributed by atoms with Crippen LogP contribution in [0.4, 0.5) is 0 Å². The first-order chi connectivity index (χ1) is 7.24. The van der Waals surface area contributed by atoms with E-state index in [0.29, 0.717) is 30.5 Å². The lowest BCUT2D eigenvalue weighted by molar-refractivity contribution is 0.00192. The maximum atomic E-state index is 5.81. The van der Waals surface area contributed by atoms with Gasteiger partial charge in [-0.1, -0.05) is 5.16 Å². The zero-order valence-corrected chi connectivity index (χ0v) is 8.98. The Hall–Kier alpha value is -0.940. The van der Waals surface area contributed by atoms with Gasteiger partial charge in [-0.3, -0.25) is 0 Å². The molecule has 2 rings (SSSR count). The van der Waals surface area contributed by atoms with E-state index >= 15 is 0 Å². The maximum Gasteiger partial charge on any atom is 0.252 e. The van der Waals surface area contributed by atoms with E-state index in [1.165, 1.54) is 0 Å². The Labute approximate surface area is 89.0 Å². The second kappa shape index (κ2) is 4.72. The van der Waals surface area contributed by atoms with E-state index < -0.39 is 0 Å². The van der Waals surface area contributed by atoms with Gasteiger partial charge >= 0.3 is 0 Å². The van der Waals surface area contributed by atoms with E-state index in [4.69, 9.17) is 15.0 Å². The Bertz CT molecular complexity index is 305. The average molecular weight is 211 g/mol. The zero-order chi connectivity index (χ0) is 10.7. The normalized spacial score (nSPS) is 26.8. The molecule has 0 aromatic carbocycles. The van der Waals surface area contributed by atoms with Crippen LogP contribution in [0.1, 0.15) is 37.4 Å². The predicted octanol–water partition coefficient (Wildman–Crippen LogP) is 1.16. The fourth-order valence-corrected chi connectivity index (χ4v) is 1.84. The minimum atomic E-state index is 0.303. The van der Waals surface area contributed by atoms with Gasteiger partial charge in [-0.05, 0) is 32.6 Å². The third-order valence-electron chi connectivity index (χ3n) is 2.73.